The summed E-state index contributed by atoms with van der Waals surface area (Å²) in [6, 6.07) is 7.52. The molecule has 1 saturated heterocycles. The van der Waals surface area contributed by atoms with Gasteiger partial charge >= 0.3 is 0 Å². The molecule has 5 heterocycles. The fourth-order valence-electron chi connectivity index (χ4n) is 5.71. The van der Waals surface area contributed by atoms with Crippen molar-refractivity contribution >= 4 is 23.4 Å². The highest BCUT2D eigenvalue weighted by molar-refractivity contribution is 5.91. The van der Waals surface area contributed by atoms with E-state index < -0.39 is 0 Å². The van der Waals surface area contributed by atoms with Crippen LogP contribution in [0.5, 0.6) is 0 Å². The van der Waals surface area contributed by atoms with Crippen molar-refractivity contribution in [1.29, 1.82) is 5.26 Å². The van der Waals surface area contributed by atoms with E-state index in [1.54, 1.807) is 30.9 Å². The molecule has 10 heteroatoms. The number of hydrogen-bond acceptors (Lipinski definition) is 9. The summed E-state index contributed by atoms with van der Waals surface area (Å²) in [5.41, 5.74) is 2.52. The van der Waals surface area contributed by atoms with Gasteiger partial charge in [-0.05, 0) is 44.9 Å². The van der Waals surface area contributed by atoms with E-state index in [1.807, 2.05) is 17.9 Å². The predicted molar refractivity (Wildman–Crippen MR) is 133 cm³/mol. The van der Waals surface area contributed by atoms with Crippen LogP contribution in [-0.2, 0) is 5.41 Å². The van der Waals surface area contributed by atoms with Gasteiger partial charge in [0.25, 0.3) is 5.91 Å². The molecular weight excluding hydrogens is 454 g/mol. The number of nitriles is 1. The van der Waals surface area contributed by atoms with E-state index >= 15 is 0 Å². The van der Waals surface area contributed by atoms with Crippen molar-refractivity contribution < 1.29 is 4.79 Å². The second-order valence-corrected chi connectivity index (χ2v) is 9.95. The highest BCUT2D eigenvalue weighted by Gasteiger charge is 2.51. The summed E-state index contributed by atoms with van der Waals surface area (Å²) >= 11 is 0. The third-order valence-electron chi connectivity index (χ3n) is 7.69. The number of rotatable bonds is 3. The van der Waals surface area contributed by atoms with Gasteiger partial charge in [0.2, 0.25) is 5.82 Å². The Kier molecular flexibility index (Phi) is 5.29. The van der Waals surface area contributed by atoms with Crippen LogP contribution in [0.1, 0.15) is 53.6 Å². The number of pyridine rings is 1. The molecule has 1 amide bonds. The third-order valence-corrected chi connectivity index (χ3v) is 7.69. The number of anilines is 3. The van der Waals surface area contributed by atoms with Crippen molar-refractivity contribution in [2.45, 2.75) is 44.6 Å². The first-order valence-corrected chi connectivity index (χ1v) is 12.3. The van der Waals surface area contributed by atoms with E-state index in [0.717, 1.165) is 42.5 Å². The van der Waals surface area contributed by atoms with Gasteiger partial charge in [-0.15, -0.1) is 0 Å². The first kappa shape index (κ1) is 22.3. The predicted octanol–water partition coefficient (Wildman–Crippen LogP) is 2.77. The standard InChI is InChI=1S/C26H27N9O/c1-17-4-8-29-22(32-17)25(36)34-11-10-33(14-18(34)2)23-21-24(31-16-30-23)35(15-26(21)6-3-7-26)20-12-19(13-27)5-9-28-20/h4-5,8-9,12,16,18H,3,6-7,10-11,14-15H2,1-2H3. The molecule has 2 aliphatic heterocycles. The lowest BCUT2D eigenvalue weighted by molar-refractivity contribution is 0.0660. The Bertz CT molecular complexity index is 1380. The molecule has 0 aromatic carbocycles. The molecule has 36 heavy (non-hydrogen) atoms. The second-order valence-electron chi connectivity index (χ2n) is 9.95. The van der Waals surface area contributed by atoms with E-state index in [4.69, 9.17) is 9.97 Å². The number of aryl methyl sites for hydroxylation is 1. The minimum Gasteiger partial charge on any atom is -0.352 e. The van der Waals surface area contributed by atoms with Crippen molar-refractivity contribution in [2.75, 3.05) is 36.0 Å². The van der Waals surface area contributed by atoms with Crippen molar-refractivity contribution in [3.8, 4) is 6.07 Å². The SMILES string of the molecule is Cc1ccnc(C(=O)N2CCN(c3ncnc4c3C3(CCC3)CN4c3cc(C#N)ccn3)CC2C)n1. The summed E-state index contributed by atoms with van der Waals surface area (Å²) in [5, 5.41) is 9.38. The summed E-state index contributed by atoms with van der Waals surface area (Å²) in [6.45, 7) is 6.61. The van der Waals surface area contributed by atoms with Crippen LogP contribution in [0.2, 0.25) is 0 Å². The first-order chi connectivity index (χ1) is 17.5. The highest BCUT2D eigenvalue weighted by atomic mass is 16.2. The van der Waals surface area contributed by atoms with Crippen molar-refractivity contribution in [3.63, 3.8) is 0 Å². The van der Waals surface area contributed by atoms with E-state index in [-0.39, 0.29) is 23.2 Å². The van der Waals surface area contributed by atoms with Gasteiger partial charge in [0.15, 0.2) is 0 Å². The number of carbonyl (C=O) groups is 1. The lowest BCUT2D eigenvalue weighted by Gasteiger charge is -2.43. The fourth-order valence-corrected chi connectivity index (χ4v) is 5.71. The van der Waals surface area contributed by atoms with Gasteiger partial charge in [0.1, 0.15) is 23.8 Å². The number of carbonyl (C=O) groups excluding carboxylic acids is 1. The zero-order chi connectivity index (χ0) is 24.9. The molecule has 1 aliphatic carbocycles. The normalized spacial score (nSPS) is 20.1. The summed E-state index contributed by atoms with van der Waals surface area (Å²) in [4.78, 5) is 42.0. The summed E-state index contributed by atoms with van der Waals surface area (Å²) in [6.07, 6.45) is 8.25. The van der Waals surface area contributed by atoms with Crippen LogP contribution in [0.25, 0.3) is 0 Å². The number of hydrogen-bond donors (Lipinski definition) is 0. The quantitative estimate of drug-likeness (QED) is 0.557. The Labute approximate surface area is 209 Å². The van der Waals surface area contributed by atoms with Crippen molar-refractivity contribution in [2.24, 2.45) is 0 Å². The lowest BCUT2D eigenvalue weighted by atomic mass is 9.66. The van der Waals surface area contributed by atoms with Gasteiger partial charge in [0.05, 0.1) is 11.6 Å². The van der Waals surface area contributed by atoms with Crippen molar-refractivity contribution in [3.05, 3.63) is 59.6 Å². The fraction of sp³-hybridized carbons (Fsp3) is 0.423. The molecule has 1 saturated carbocycles. The summed E-state index contributed by atoms with van der Waals surface area (Å²) < 4.78 is 0. The van der Waals surface area contributed by atoms with E-state index in [9.17, 15) is 10.1 Å². The molecular formula is C26H27N9O. The monoisotopic (exact) mass is 481 g/mol. The van der Waals surface area contributed by atoms with Crippen LogP contribution in [0.15, 0.2) is 36.9 Å². The molecule has 0 bridgehead atoms. The number of fused-ring (bicyclic) bond motifs is 2. The van der Waals surface area contributed by atoms with Gasteiger partial charge < -0.3 is 14.7 Å². The largest absolute Gasteiger partial charge is 0.352 e. The van der Waals surface area contributed by atoms with Gasteiger partial charge in [-0.2, -0.15) is 5.26 Å². The Morgan fingerprint density at radius 1 is 1.11 bits per heavy atom. The Hall–Kier alpha value is -4.13. The number of piperazine rings is 1. The van der Waals surface area contributed by atoms with Gasteiger partial charge in [-0.1, -0.05) is 6.42 Å². The van der Waals surface area contributed by atoms with Crippen molar-refractivity contribution in [1.82, 2.24) is 29.8 Å². The molecule has 0 N–H and O–H groups in total. The molecule has 3 aromatic rings. The number of aromatic nitrogens is 5. The zero-order valence-corrected chi connectivity index (χ0v) is 20.4. The lowest BCUT2D eigenvalue weighted by Crippen LogP contribution is -2.55. The minimum atomic E-state index is -0.135. The zero-order valence-electron chi connectivity index (χ0n) is 20.4. The first-order valence-electron chi connectivity index (χ1n) is 12.3. The average Bonchev–Trinajstić information content (AvgIpc) is 3.25. The number of nitrogens with zero attached hydrogens (tertiary/aromatic N) is 9. The van der Waals surface area contributed by atoms with E-state index in [0.29, 0.717) is 25.2 Å². The molecule has 1 spiro atoms. The molecule has 3 aromatic heterocycles. The van der Waals surface area contributed by atoms with E-state index in [2.05, 4.69) is 37.7 Å². The van der Waals surface area contributed by atoms with Crippen LogP contribution < -0.4 is 9.80 Å². The average molecular weight is 482 g/mol. The van der Waals surface area contributed by atoms with Gasteiger partial charge in [-0.25, -0.2) is 24.9 Å². The molecule has 182 valence electrons. The molecule has 1 unspecified atom stereocenters. The maximum absolute atomic E-state index is 13.1. The van der Waals surface area contributed by atoms with Crippen LogP contribution in [0.3, 0.4) is 0 Å². The smallest absolute Gasteiger partial charge is 0.292 e. The van der Waals surface area contributed by atoms with Gasteiger partial charge in [-0.3, -0.25) is 4.79 Å². The Balaban J connectivity index is 1.30. The highest BCUT2D eigenvalue weighted by Crippen LogP contribution is 2.56. The van der Waals surface area contributed by atoms with E-state index in [1.165, 1.54) is 12.0 Å². The molecule has 1 atom stereocenters. The maximum Gasteiger partial charge on any atom is 0.292 e. The summed E-state index contributed by atoms with van der Waals surface area (Å²) in [7, 11) is 0. The van der Waals surface area contributed by atoms with Gasteiger partial charge in [0, 0.05) is 61.3 Å². The second kappa shape index (κ2) is 8.52. The minimum absolute atomic E-state index is 0.0121. The van der Waals surface area contributed by atoms with Crippen LogP contribution in [-0.4, -0.2) is 67.9 Å². The van der Waals surface area contributed by atoms with Crippen LogP contribution in [0.4, 0.5) is 17.5 Å². The Morgan fingerprint density at radius 2 is 1.92 bits per heavy atom. The third kappa shape index (κ3) is 3.54. The Morgan fingerprint density at radius 3 is 2.64 bits per heavy atom. The molecule has 0 radical (unpaired) electrons. The topological polar surface area (TPSA) is 115 Å². The summed E-state index contributed by atoms with van der Waals surface area (Å²) in [5.74, 6) is 2.68. The number of amides is 1. The molecule has 2 fully saturated rings. The maximum atomic E-state index is 13.1. The van der Waals surface area contributed by atoms with Crippen LogP contribution >= 0.6 is 0 Å². The van der Waals surface area contributed by atoms with Crippen LogP contribution in [0, 0.1) is 18.3 Å². The molecule has 6 rings (SSSR count). The molecule has 10 nitrogen and oxygen atoms in total. The molecule has 3 aliphatic rings.